The van der Waals surface area contributed by atoms with Crippen LogP contribution in [0.4, 0.5) is 0 Å². The van der Waals surface area contributed by atoms with Crippen molar-refractivity contribution < 1.29 is 13.2 Å². The zero-order valence-corrected chi connectivity index (χ0v) is 14.1. The molecule has 0 heterocycles. The van der Waals surface area contributed by atoms with Crippen molar-refractivity contribution in [2.45, 2.75) is 17.9 Å². The van der Waals surface area contributed by atoms with E-state index in [9.17, 15) is 8.42 Å². The van der Waals surface area contributed by atoms with Gasteiger partial charge in [0.15, 0.2) is 0 Å². The summed E-state index contributed by atoms with van der Waals surface area (Å²) in [7, 11) is -2.23. The minimum absolute atomic E-state index is 0.113. The van der Waals surface area contributed by atoms with Crippen LogP contribution in [0.3, 0.4) is 0 Å². The highest BCUT2D eigenvalue weighted by Crippen LogP contribution is 2.28. The molecule has 0 fully saturated rings. The van der Waals surface area contributed by atoms with Crippen molar-refractivity contribution in [3.05, 3.63) is 58.6 Å². The van der Waals surface area contributed by atoms with Gasteiger partial charge in [-0.3, -0.25) is 0 Å². The molecule has 0 aliphatic carbocycles. The molecule has 0 aliphatic rings. The maximum atomic E-state index is 12.5. The number of benzene rings is 2. The molecule has 2 aromatic rings. The number of halogens is 1. The molecular formula is C15H16BrNO3S. The van der Waals surface area contributed by atoms with Crippen LogP contribution >= 0.6 is 15.9 Å². The molecule has 0 aromatic heterocycles. The Morgan fingerprint density at radius 1 is 1.14 bits per heavy atom. The summed E-state index contributed by atoms with van der Waals surface area (Å²) in [5.41, 5.74) is 0.898. The van der Waals surface area contributed by atoms with Crippen LogP contribution in [0.1, 0.15) is 18.5 Å². The molecule has 0 spiro atoms. The fraction of sp³-hybridized carbons (Fsp3) is 0.200. The first kappa shape index (κ1) is 16.0. The predicted molar refractivity (Wildman–Crippen MR) is 85.9 cm³/mol. The van der Waals surface area contributed by atoms with Crippen LogP contribution in [0, 0.1) is 0 Å². The monoisotopic (exact) mass is 369 g/mol. The van der Waals surface area contributed by atoms with Gasteiger partial charge >= 0.3 is 0 Å². The summed E-state index contributed by atoms with van der Waals surface area (Å²) in [5.74, 6) is 0.311. The first-order valence-corrected chi connectivity index (χ1v) is 8.62. The second-order valence-corrected chi connectivity index (χ2v) is 7.15. The summed E-state index contributed by atoms with van der Waals surface area (Å²) in [4.78, 5) is 0.113. The van der Waals surface area contributed by atoms with Gasteiger partial charge in [-0.25, -0.2) is 13.1 Å². The van der Waals surface area contributed by atoms with Crippen LogP contribution in [-0.2, 0) is 10.0 Å². The Bertz CT molecular complexity index is 717. The van der Waals surface area contributed by atoms with Crippen molar-refractivity contribution in [2.24, 2.45) is 0 Å². The fourth-order valence-corrected chi connectivity index (χ4v) is 3.91. The van der Waals surface area contributed by atoms with Crippen LogP contribution in [0.25, 0.3) is 0 Å². The third-order valence-corrected chi connectivity index (χ3v) is 5.10. The molecule has 0 aliphatic heterocycles. The molecule has 4 nitrogen and oxygen atoms in total. The molecule has 0 saturated carbocycles. The van der Waals surface area contributed by atoms with Gasteiger partial charge in [0.2, 0.25) is 10.0 Å². The lowest BCUT2D eigenvalue weighted by Crippen LogP contribution is -2.27. The minimum Gasteiger partial charge on any atom is -0.495 e. The van der Waals surface area contributed by atoms with Crippen molar-refractivity contribution in [1.29, 1.82) is 0 Å². The molecule has 0 radical (unpaired) electrons. The van der Waals surface area contributed by atoms with Crippen molar-refractivity contribution in [2.75, 3.05) is 7.11 Å². The van der Waals surface area contributed by atoms with Crippen LogP contribution in [-0.4, -0.2) is 15.5 Å². The van der Waals surface area contributed by atoms with Gasteiger partial charge in [0, 0.05) is 10.5 Å². The van der Waals surface area contributed by atoms with Gasteiger partial charge in [0.25, 0.3) is 0 Å². The second kappa shape index (κ2) is 6.60. The summed E-state index contributed by atoms with van der Waals surface area (Å²) in [5, 5.41) is 0. The molecule has 0 amide bonds. The fourth-order valence-electron chi connectivity index (χ4n) is 1.97. The lowest BCUT2D eigenvalue weighted by atomic mass is 10.1. The average Bonchev–Trinajstić information content (AvgIpc) is 2.47. The van der Waals surface area contributed by atoms with Crippen molar-refractivity contribution >= 4 is 26.0 Å². The van der Waals surface area contributed by atoms with E-state index in [-0.39, 0.29) is 10.9 Å². The van der Waals surface area contributed by atoms with E-state index in [0.717, 1.165) is 5.56 Å². The SMILES string of the molecule is COc1ccc(Br)cc1S(=O)(=O)N[C@H](C)c1ccccc1. The highest BCUT2D eigenvalue weighted by molar-refractivity contribution is 9.10. The van der Waals surface area contributed by atoms with Gasteiger partial charge in [-0.1, -0.05) is 46.3 Å². The Morgan fingerprint density at radius 2 is 1.81 bits per heavy atom. The number of hydrogen-bond acceptors (Lipinski definition) is 3. The van der Waals surface area contributed by atoms with E-state index in [1.807, 2.05) is 30.3 Å². The molecule has 21 heavy (non-hydrogen) atoms. The molecule has 112 valence electrons. The number of ether oxygens (including phenoxy) is 1. The zero-order valence-electron chi connectivity index (χ0n) is 11.7. The highest BCUT2D eigenvalue weighted by Gasteiger charge is 2.22. The Kier molecular flexibility index (Phi) is 5.03. The smallest absolute Gasteiger partial charge is 0.244 e. The first-order valence-electron chi connectivity index (χ1n) is 6.35. The van der Waals surface area contributed by atoms with Crippen LogP contribution < -0.4 is 9.46 Å². The first-order chi connectivity index (χ1) is 9.94. The molecule has 0 bridgehead atoms. The van der Waals surface area contributed by atoms with Gasteiger partial charge < -0.3 is 4.74 Å². The highest BCUT2D eigenvalue weighted by atomic mass is 79.9. The minimum atomic E-state index is -3.68. The zero-order chi connectivity index (χ0) is 15.5. The predicted octanol–water partition coefficient (Wildman–Crippen LogP) is 3.50. The molecule has 2 rings (SSSR count). The van der Waals surface area contributed by atoms with Crippen LogP contribution in [0.2, 0.25) is 0 Å². The summed E-state index contributed by atoms with van der Waals surface area (Å²) < 4.78 is 33.5. The summed E-state index contributed by atoms with van der Waals surface area (Å²) in [6, 6.07) is 13.9. The molecule has 0 unspecified atom stereocenters. The lowest BCUT2D eigenvalue weighted by molar-refractivity contribution is 0.402. The Balaban J connectivity index is 2.33. The average molecular weight is 370 g/mol. The van der Waals surface area contributed by atoms with E-state index in [4.69, 9.17) is 4.74 Å². The summed E-state index contributed by atoms with van der Waals surface area (Å²) in [6.45, 7) is 1.80. The maximum Gasteiger partial charge on any atom is 0.244 e. The summed E-state index contributed by atoms with van der Waals surface area (Å²) >= 11 is 3.28. The van der Waals surface area contributed by atoms with E-state index < -0.39 is 10.0 Å². The summed E-state index contributed by atoms with van der Waals surface area (Å²) in [6.07, 6.45) is 0. The van der Waals surface area contributed by atoms with Crippen LogP contribution in [0.15, 0.2) is 57.9 Å². The number of nitrogens with one attached hydrogen (secondary N) is 1. The molecular weight excluding hydrogens is 354 g/mol. The number of methoxy groups -OCH3 is 1. The van der Waals surface area contributed by atoms with Crippen molar-refractivity contribution in [3.63, 3.8) is 0 Å². The number of rotatable bonds is 5. The van der Waals surface area contributed by atoms with Gasteiger partial charge in [-0.2, -0.15) is 0 Å². The number of sulfonamides is 1. The molecule has 1 atom stereocenters. The Morgan fingerprint density at radius 3 is 2.43 bits per heavy atom. The third-order valence-electron chi connectivity index (χ3n) is 3.05. The number of hydrogen-bond donors (Lipinski definition) is 1. The topological polar surface area (TPSA) is 55.4 Å². The van der Waals surface area contributed by atoms with Gasteiger partial charge in [-0.05, 0) is 30.7 Å². The normalized spacial score (nSPS) is 12.9. The van der Waals surface area contributed by atoms with Gasteiger partial charge in [-0.15, -0.1) is 0 Å². The quantitative estimate of drug-likeness (QED) is 0.877. The standard InChI is InChI=1S/C15H16BrNO3S/c1-11(12-6-4-3-5-7-12)17-21(18,19)15-10-13(16)8-9-14(15)20-2/h3-11,17H,1-2H3/t11-/m1/s1. The van der Waals surface area contributed by atoms with E-state index in [1.165, 1.54) is 13.2 Å². The largest absolute Gasteiger partial charge is 0.495 e. The Labute approximate surface area is 133 Å². The molecule has 2 aromatic carbocycles. The van der Waals surface area contributed by atoms with Gasteiger partial charge in [0.05, 0.1) is 7.11 Å². The molecule has 6 heteroatoms. The van der Waals surface area contributed by atoms with Crippen molar-refractivity contribution in [3.8, 4) is 5.75 Å². The van der Waals surface area contributed by atoms with Crippen LogP contribution in [0.5, 0.6) is 5.75 Å². The van der Waals surface area contributed by atoms with E-state index in [2.05, 4.69) is 20.7 Å². The van der Waals surface area contributed by atoms with Crippen molar-refractivity contribution in [1.82, 2.24) is 4.72 Å². The van der Waals surface area contributed by atoms with E-state index >= 15 is 0 Å². The van der Waals surface area contributed by atoms with E-state index in [0.29, 0.717) is 10.2 Å². The lowest BCUT2D eigenvalue weighted by Gasteiger charge is -2.16. The molecule has 0 saturated heterocycles. The van der Waals surface area contributed by atoms with Gasteiger partial charge in [0.1, 0.15) is 10.6 Å². The second-order valence-electron chi connectivity index (χ2n) is 4.55. The third kappa shape index (κ3) is 3.84. The van der Waals surface area contributed by atoms with E-state index in [1.54, 1.807) is 19.1 Å². The Hall–Kier alpha value is -1.37. The molecule has 1 N–H and O–H groups in total. The maximum absolute atomic E-state index is 12.5.